The largest absolute Gasteiger partial charge is 0.381 e. The number of halogens is 3. The molecule has 1 N–H and O–H groups in total. The summed E-state index contributed by atoms with van der Waals surface area (Å²) in [5.74, 6) is 0. The molecule has 0 saturated carbocycles. The van der Waals surface area contributed by atoms with Crippen LogP contribution in [-0.2, 0) is 6.54 Å². The van der Waals surface area contributed by atoms with Gasteiger partial charge in [0.05, 0.1) is 5.02 Å². The van der Waals surface area contributed by atoms with E-state index in [0.29, 0.717) is 5.02 Å². The molecule has 94 valence electrons. The number of anilines is 1. The third-order valence-electron chi connectivity index (χ3n) is 2.71. The fourth-order valence-electron chi connectivity index (χ4n) is 1.66. The highest BCUT2D eigenvalue weighted by atomic mass is 79.9. The Hall–Kier alpha value is -0.700. The van der Waals surface area contributed by atoms with Crippen LogP contribution in [0.4, 0.5) is 5.69 Å². The van der Waals surface area contributed by atoms with Gasteiger partial charge in [-0.3, -0.25) is 0 Å². The number of rotatable bonds is 3. The van der Waals surface area contributed by atoms with Gasteiger partial charge >= 0.3 is 0 Å². The van der Waals surface area contributed by atoms with Crippen LogP contribution in [0.1, 0.15) is 11.1 Å². The van der Waals surface area contributed by atoms with Crippen LogP contribution in [0.5, 0.6) is 0 Å². The molecule has 0 atom stereocenters. The predicted molar refractivity (Wildman–Crippen MR) is 82.7 cm³/mol. The SMILES string of the molecule is Cc1cc(Cl)ccc1CNc1ccc(Cl)c(Br)c1. The molecule has 0 fully saturated rings. The predicted octanol–water partition coefficient (Wildman–Crippen LogP) is 5.68. The molecule has 4 heteroatoms. The second-order valence-electron chi connectivity index (χ2n) is 4.05. The smallest absolute Gasteiger partial charge is 0.0549 e. The summed E-state index contributed by atoms with van der Waals surface area (Å²) in [5.41, 5.74) is 3.44. The topological polar surface area (TPSA) is 12.0 Å². The Labute approximate surface area is 125 Å². The van der Waals surface area contributed by atoms with Crippen molar-refractivity contribution < 1.29 is 0 Å². The molecule has 0 aliphatic rings. The Morgan fingerprint density at radius 3 is 2.56 bits per heavy atom. The summed E-state index contributed by atoms with van der Waals surface area (Å²) in [7, 11) is 0. The lowest BCUT2D eigenvalue weighted by Crippen LogP contribution is -2.01. The highest BCUT2D eigenvalue weighted by molar-refractivity contribution is 9.10. The molecular weight excluding hydrogens is 333 g/mol. The summed E-state index contributed by atoms with van der Waals surface area (Å²) in [4.78, 5) is 0. The highest BCUT2D eigenvalue weighted by Gasteiger charge is 2.01. The van der Waals surface area contributed by atoms with Crippen LogP contribution in [0.3, 0.4) is 0 Å². The maximum Gasteiger partial charge on any atom is 0.0549 e. The lowest BCUT2D eigenvalue weighted by Gasteiger charge is -2.10. The van der Waals surface area contributed by atoms with Gasteiger partial charge in [-0.05, 0) is 64.3 Å². The summed E-state index contributed by atoms with van der Waals surface area (Å²) >= 11 is 15.3. The Morgan fingerprint density at radius 2 is 1.89 bits per heavy atom. The monoisotopic (exact) mass is 343 g/mol. The molecule has 0 spiro atoms. The molecule has 1 nitrogen and oxygen atoms in total. The Kier molecular flexibility index (Phi) is 4.55. The van der Waals surface area contributed by atoms with Gasteiger partial charge in [-0.25, -0.2) is 0 Å². The van der Waals surface area contributed by atoms with E-state index in [2.05, 4.69) is 28.2 Å². The number of aryl methyl sites for hydroxylation is 1. The summed E-state index contributed by atoms with van der Waals surface area (Å²) in [5, 5.41) is 4.84. The molecule has 0 bridgehead atoms. The normalized spacial score (nSPS) is 10.4. The van der Waals surface area contributed by atoms with Crippen LogP contribution < -0.4 is 5.32 Å². The molecule has 0 radical (unpaired) electrons. The van der Waals surface area contributed by atoms with Gasteiger partial charge in [0.25, 0.3) is 0 Å². The molecule has 0 unspecified atom stereocenters. The number of nitrogens with one attached hydrogen (secondary N) is 1. The highest BCUT2D eigenvalue weighted by Crippen LogP contribution is 2.26. The van der Waals surface area contributed by atoms with E-state index >= 15 is 0 Å². The van der Waals surface area contributed by atoms with Gasteiger partial charge in [0.15, 0.2) is 0 Å². The molecule has 0 aromatic heterocycles. The Bertz CT molecular complexity index is 570. The molecule has 2 aromatic rings. The fraction of sp³-hybridized carbons (Fsp3) is 0.143. The molecule has 2 aromatic carbocycles. The zero-order chi connectivity index (χ0) is 13.1. The molecule has 2 rings (SSSR count). The van der Waals surface area contributed by atoms with Crippen LogP contribution in [0.25, 0.3) is 0 Å². The van der Waals surface area contributed by atoms with Crippen molar-refractivity contribution >= 4 is 44.8 Å². The summed E-state index contributed by atoms with van der Waals surface area (Å²) in [6, 6.07) is 11.7. The van der Waals surface area contributed by atoms with Gasteiger partial charge in [-0.15, -0.1) is 0 Å². The molecule has 0 saturated heterocycles. The first-order chi connectivity index (χ1) is 8.56. The van der Waals surface area contributed by atoms with Crippen LogP contribution >= 0.6 is 39.1 Å². The molecule has 0 aliphatic heterocycles. The fourth-order valence-corrected chi connectivity index (χ4v) is 2.38. The lowest BCUT2D eigenvalue weighted by atomic mass is 10.1. The van der Waals surface area contributed by atoms with Gasteiger partial charge in [0, 0.05) is 21.7 Å². The van der Waals surface area contributed by atoms with Gasteiger partial charge in [-0.1, -0.05) is 29.3 Å². The third-order valence-corrected chi connectivity index (χ3v) is 4.16. The van der Waals surface area contributed by atoms with Crippen molar-refractivity contribution in [1.29, 1.82) is 0 Å². The van der Waals surface area contributed by atoms with Crippen LogP contribution in [-0.4, -0.2) is 0 Å². The van der Waals surface area contributed by atoms with E-state index in [1.807, 2.05) is 36.4 Å². The second kappa shape index (κ2) is 5.96. The van der Waals surface area contributed by atoms with Gasteiger partial charge in [-0.2, -0.15) is 0 Å². The maximum absolute atomic E-state index is 5.95. The minimum atomic E-state index is 0.711. The van der Waals surface area contributed by atoms with Gasteiger partial charge in [0.1, 0.15) is 0 Å². The van der Waals surface area contributed by atoms with Crippen molar-refractivity contribution in [1.82, 2.24) is 0 Å². The van der Waals surface area contributed by atoms with Gasteiger partial charge in [0.2, 0.25) is 0 Å². The maximum atomic E-state index is 5.95. The van der Waals surface area contributed by atoms with Crippen molar-refractivity contribution in [3.05, 3.63) is 62.0 Å². The van der Waals surface area contributed by atoms with Crippen LogP contribution in [0.15, 0.2) is 40.9 Å². The van der Waals surface area contributed by atoms with E-state index in [9.17, 15) is 0 Å². The van der Waals surface area contributed by atoms with E-state index in [1.54, 1.807) is 0 Å². The first-order valence-electron chi connectivity index (χ1n) is 5.50. The summed E-state index contributed by atoms with van der Waals surface area (Å²) < 4.78 is 0.891. The number of hydrogen-bond acceptors (Lipinski definition) is 1. The van der Waals surface area contributed by atoms with E-state index in [1.165, 1.54) is 11.1 Å². The van der Waals surface area contributed by atoms with Crippen LogP contribution in [0, 0.1) is 6.92 Å². The van der Waals surface area contributed by atoms with E-state index in [0.717, 1.165) is 21.7 Å². The standard InChI is InChI=1S/C14H12BrCl2N/c1-9-6-11(16)3-2-10(9)8-18-12-4-5-14(17)13(15)7-12/h2-7,18H,8H2,1H3. The number of benzene rings is 2. The van der Waals surface area contributed by atoms with E-state index in [4.69, 9.17) is 23.2 Å². The third kappa shape index (κ3) is 3.41. The average Bonchev–Trinajstić information content (AvgIpc) is 2.32. The Morgan fingerprint density at radius 1 is 1.11 bits per heavy atom. The average molecular weight is 345 g/mol. The van der Waals surface area contributed by atoms with Crippen LogP contribution in [0.2, 0.25) is 10.0 Å². The van der Waals surface area contributed by atoms with E-state index in [-0.39, 0.29) is 0 Å². The summed E-state index contributed by atoms with van der Waals surface area (Å²) in [6.07, 6.45) is 0. The second-order valence-corrected chi connectivity index (χ2v) is 5.75. The quantitative estimate of drug-likeness (QED) is 0.755. The first kappa shape index (κ1) is 13.7. The minimum absolute atomic E-state index is 0.711. The van der Waals surface area contributed by atoms with E-state index < -0.39 is 0 Å². The van der Waals surface area contributed by atoms with Crippen molar-refractivity contribution in [3.8, 4) is 0 Å². The summed E-state index contributed by atoms with van der Waals surface area (Å²) in [6.45, 7) is 2.82. The first-order valence-corrected chi connectivity index (χ1v) is 7.05. The zero-order valence-corrected chi connectivity index (χ0v) is 12.9. The zero-order valence-electron chi connectivity index (χ0n) is 9.81. The molecular formula is C14H12BrCl2N. The van der Waals surface area contributed by atoms with Crippen molar-refractivity contribution in [2.75, 3.05) is 5.32 Å². The van der Waals surface area contributed by atoms with Crippen molar-refractivity contribution in [2.24, 2.45) is 0 Å². The molecule has 0 heterocycles. The minimum Gasteiger partial charge on any atom is -0.381 e. The molecule has 0 aliphatic carbocycles. The molecule has 0 amide bonds. The van der Waals surface area contributed by atoms with Gasteiger partial charge < -0.3 is 5.32 Å². The molecule has 18 heavy (non-hydrogen) atoms. The van der Waals surface area contributed by atoms with Crippen molar-refractivity contribution in [2.45, 2.75) is 13.5 Å². The van der Waals surface area contributed by atoms with Crippen molar-refractivity contribution in [3.63, 3.8) is 0 Å². The Balaban J connectivity index is 2.09. The number of hydrogen-bond donors (Lipinski definition) is 1. The lowest BCUT2D eigenvalue weighted by molar-refractivity contribution is 1.12.